The molecule has 1 saturated carbocycles. The molecule has 0 aliphatic heterocycles. The summed E-state index contributed by atoms with van der Waals surface area (Å²) in [5.74, 6) is 1.94. The van der Waals surface area contributed by atoms with Crippen molar-refractivity contribution in [2.75, 3.05) is 5.75 Å². The molecule has 2 aromatic carbocycles. The number of aromatic nitrogens is 3. The quantitative estimate of drug-likeness (QED) is 0.267. The molecule has 0 spiro atoms. The monoisotopic (exact) mass is 509 g/mol. The summed E-state index contributed by atoms with van der Waals surface area (Å²) in [6.07, 6.45) is 0.830. The Morgan fingerprint density at radius 1 is 1.07 bits per heavy atom. The van der Waals surface area contributed by atoms with E-state index in [1.807, 2.05) is 12.1 Å². The molecule has 1 aromatic heterocycles. The average Bonchev–Trinajstić information content (AvgIpc) is 3.09. The van der Waals surface area contributed by atoms with Crippen LogP contribution >= 0.6 is 50.9 Å². The lowest BCUT2D eigenvalue weighted by Crippen LogP contribution is -2.10. The fourth-order valence-electron chi connectivity index (χ4n) is 3.12. The third-order valence-electron chi connectivity index (χ3n) is 5.10. The molecule has 1 aliphatic rings. The van der Waals surface area contributed by atoms with Gasteiger partial charge in [-0.25, -0.2) is 0 Å². The van der Waals surface area contributed by atoms with Crippen LogP contribution in [0.2, 0.25) is 0 Å². The van der Waals surface area contributed by atoms with Gasteiger partial charge in [0.2, 0.25) is 0 Å². The minimum Gasteiger partial charge on any atom is -0.270 e. The first-order chi connectivity index (χ1) is 13.6. The van der Waals surface area contributed by atoms with Crippen LogP contribution in [-0.2, 0) is 5.41 Å². The van der Waals surface area contributed by atoms with Crippen LogP contribution < -0.4 is 0 Å². The number of hydrogen-bond donors (Lipinski definition) is 0. The summed E-state index contributed by atoms with van der Waals surface area (Å²) < 4.78 is 2.56. The van der Waals surface area contributed by atoms with Crippen LogP contribution in [0.25, 0.3) is 17.1 Å². The number of nitrogens with zero attached hydrogens (tertiary/aromatic N) is 3. The Kier molecular flexibility index (Phi) is 5.80. The summed E-state index contributed by atoms with van der Waals surface area (Å²) in [6.45, 7) is 6.65. The molecule has 0 unspecified atom stereocenters. The fourth-order valence-corrected chi connectivity index (χ4v) is 5.26. The molecular weight excluding hydrogens is 489 g/mol. The minimum absolute atomic E-state index is 0.110. The van der Waals surface area contributed by atoms with Crippen molar-refractivity contribution in [3.63, 3.8) is 0 Å². The molecule has 0 bridgehead atoms. The van der Waals surface area contributed by atoms with Gasteiger partial charge >= 0.3 is 0 Å². The molecule has 1 heterocycles. The minimum atomic E-state index is -0.582. The maximum absolute atomic E-state index is 6.20. The van der Waals surface area contributed by atoms with Gasteiger partial charge in [-0.2, -0.15) is 0 Å². The van der Waals surface area contributed by atoms with Crippen LogP contribution in [-0.4, -0.2) is 24.9 Å². The Balaban J connectivity index is 1.70. The smallest absolute Gasteiger partial charge is 0.196 e. The Bertz CT molecular complexity index is 1010. The van der Waals surface area contributed by atoms with Crippen molar-refractivity contribution in [3.8, 4) is 17.1 Å². The molecule has 3 aromatic rings. The number of benzene rings is 2. The van der Waals surface area contributed by atoms with E-state index in [2.05, 4.69) is 87.9 Å². The van der Waals surface area contributed by atoms with Crippen molar-refractivity contribution in [2.45, 2.75) is 42.1 Å². The third kappa shape index (κ3) is 4.68. The lowest BCUT2D eigenvalue weighted by Gasteiger charge is -2.19. The first-order valence-corrected chi connectivity index (χ1v) is 12.0. The first-order valence-electron chi connectivity index (χ1n) is 9.48. The third-order valence-corrected chi connectivity index (χ3v) is 7.64. The number of hydrogen-bond acceptors (Lipinski definition) is 3. The summed E-state index contributed by atoms with van der Waals surface area (Å²) in [4.78, 5) is 0. The molecule has 0 amide bonds. The van der Waals surface area contributed by atoms with E-state index < -0.39 is 4.33 Å². The Labute approximate surface area is 194 Å². The molecule has 0 saturated heterocycles. The number of rotatable bonds is 5. The average molecular weight is 511 g/mol. The van der Waals surface area contributed by atoms with Gasteiger partial charge in [-0.1, -0.05) is 72.7 Å². The summed E-state index contributed by atoms with van der Waals surface area (Å²) in [6, 6.07) is 16.8. The predicted octanol–water partition coefficient (Wildman–Crippen LogP) is 7.28. The van der Waals surface area contributed by atoms with Gasteiger partial charge in [0.25, 0.3) is 0 Å². The molecule has 3 nitrogen and oxygen atoms in total. The highest BCUT2D eigenvalue weighted by Gasteiger charge is 2.51. The molecule has 1 fully saturated rings. The SMILES string of the molecule is CC(C)(C)c1ccc(-c2nnc(SC[C@H]3CC3(Cl)Cl)n2-c2ccc(Br)cc2)cc1. The summed E-state index contributed by atoms with van der Waals surface area (Å²) in [5, 5.41) is 9.86. The van der Waals surface area contributed by atoms with Crippen LogP contribution in [0, 0.1) is 5.92 Å². The van der Waals surface area contributed by atoms with Gasteiger partial charge in [-0.05, 0) is 41.7 Å². The summed E-state index contributed by atoms with van der Waals surface area (Å²) in [7, 11) is 0. The maximum atomic E-state index is 6.20. The second-order valence-electron chi connectivity index (χ2n) is 8.42. The second-order valence-corrected chi connectivity index (χ2v) is 11.9. The van der Waals surface area contributed by atoms with Crippen molar-refractivity contribution < 1.29 is 0 Å². The molecule has 0 N–H and O–H groups in total. The van der Waals surface area contributed by atoms with Gasteiger partial charge in [0.05, 0.1) is 0 Å². The van der Waals surface area contributed by atoms with E-state index in [1.165, 1.54) is 5.56 Å². The van der Waals surface area contributed by atoms with E-state index >= 15 is 0 Å². The second kappa shape index (κ2) is 7.92. The van der Waals surface area contributed by atoms with Crippen molar-refractivity contribution in [2.24, 2.45) is 5.92 Å². The van der Waals surface area contributed by atoms with Gasteiger partial charge < -0.3 is 0 Å². The lowest BCUT2D eigenvalue weighted by molar-refractivity contribution is 0.590. The zero-order valence-electron chi connectivity index (χ0n) is 16.5. The molecule has 29 heavy (non-hydrogen) atoms. The molecule has 152 valence electrons. The first kappa shape index (κ1) is 21.2. The van der Waals surface area contributed by atoms with Gasteiger partial charge in [-0.3, -0.25) is 4.57 Å². The normalized spacial score (nSPS) is 18.1. The van der Waals surface area contributed by atoms with E-state index in [-0.39, 0.29) is 5.41 Å². The van der Waals surface area contributed by atoms with E-state index in [0.29, 0.717) is 5.92 Å². The highest BCUT2D eigenvalue weighted by atomic mass is 79.9. The van der Waals surface area contributed by atoms with E-state index in [4.69, 9.17) is 23.2 Å². The van der Waals surface area contributed by atoms with Crippen LogP contribution in [0.1, 0.15) is 32.8 Å². The van der Waals surface area contributed by atoms with Crippen LogP contribution in [0.5, 0.6) is 0 Å². The van der Waals surface area contributed by atoms with Gasteiger partial charge in [0.15, 0.2) is 11.0 Å². The lowest BCUT2D eigenvalue weighted by atomic mass is 9.87. The van der Waals surface area contributed by atoms with Gasteiger partial charge in [-0.15, -0.1) is 33.4 Å². The van der Waals surface area contributed by atoms with E-state index in [1.54, 1.807) is 11.8 Å². The van der Waals surface area contributed by atoms with Crippen molar-refractivity contribution in [3.05, 3.63) is 58.6 Å². The van der Waals surface area contributed by atoms with Crippen LogP contribution in [0.4, 0.5) is 0 Å². The van der Waals surface area contributed by atoms with Crippen LogP contribution in [0.15, 0.2) is 58.2 Å². The largest absolute Gasteiger partial charge is 0.270 e. The van der Waals surface area contributed by atoms with Crippen molar-refractivity contribution in [1.82, 2.24) is 14.8 Å². The van der Waals surface area contributed by atoms with Gasteiger partial charge in [0.1, 0.15) is 4.33 Å². The van der Waals surface area contributed by atoms with E-state index in [9.17, 15) is 0 Å². The van der Waals surface area contributed by atoms with Crippen molar-refractivity contribution >= 4 is 50.9 Å². The fraction of sp³-hybridized carbons (Fsp3) is 0.364. The Hall–Kier alpha value is -1.01. The number of thioether (sulfide) groups is 1. The zero-order valence-corrected chi connectivity index (χ0v) is 20.4. The predicted molar refractivity (Wildman–Crippen MR) is 126 cm³/mol. The number of alkyl halides is 2. The highest BCUT2D eigenvalue weighted by Crippen LogP contribution is 2.54. The van der Waals surface area contributed by atoms with Crippen LogP contribution in [0.3, 0.4) is 0 Å². The molecule has 4 rings (SSSR count). The molecule has 0 radical (unpaired) electrons. The standard InChI is InChI=1S/C22H22BrCl2N3S/c1-21(2,3)15-6-4-14(5-7-15)19-26-27-20(29-13-16-12-22(16,24)25)28(19)18-10-8-17(23)9-11-18/h4-11,16H,12-13H2,1-3H3/t16-/m1/s1. The van der Waals surface area contributed by atoms with Crippen molar-refractivity contribution in [1.29, 1.82) is 0 Å². The molecule has 7 heteroatoms. The topological polar surface area (TPSA) is 30.7 Å². The Morgan fingerprint density at radius 3 is 2.24 bits per heavy atom. The molecule has 1 atom stereocenters. The number of halogens is 3. The summed E-state index contributed by atoms with van der Waals surface area (Å²) in [5.41, 5.74) is 3.46. The Morgan fingerprint density at radius 2 is 1.69 bits per heavy atom. The van der Waals surface area contributed by atoms with E-state index in [0.717, 1.165) is 38.9 Å². The summed E-state index contributed by atoms with van der Waals surface area (Å²) >= 11 is 17.6. The zero-order chi connectivity index (χ0) is 20.8. The molecular formula is C22H22BrCl2N3S. The molecule has 1 aliphatic carbocycles. The maximum Gasteiger partial charge on any atom is 0.196 e. The highest BCUT2D eigenvalue weighted by molar-refractivity contribution is 9.10. The van der Waals surface area contributed by atoms with Gasteiger partial charge in [0, 0.05) is 27.4 Å².